The quantitative estimate of drug-likeness (QED) is 0.686. The second kappa shape index (κ2) is 7.99. The standard InChI is InChI=1S/C21H21ClFN3O2/c22-15-6-14(7-16(23)9-15)13-3-4-18-20(8-13)26(12-25-18)11-17(27)10-19-21(28)2-1-5-24-19/h3-4,6-9,12,19,21,24,28H,1-2,5,10-11H2/t19-,21+/m1/s1. The Morgan fingerprint density at radius 2 is 2.14 bits per heavy atom. The Kier molecular flexibility index (Phi) is 5.44. The van der Waals surface area contributed by atoms with Crippen molar-refractivity contribution in [2.45, 2.75) is 38.0 Å². The van der Waals surface area contributed by atoms with Gasteiger partial charge in [-0.2, -0.15) is 0 Å². The van der Waals surface area contributed by atoms with E-state index < -0.39 is 11.9 Å². The SMILES string of the molecule is O=C(C[C@H]1NCCC[C@@H]1O)Cn1cnc2ccc(-c3cc(F)cc(Cl)c3)cc21. The first-order valence-electron chi connectivity index (χ1n) is 9.34. The smallest absolute Gasteiger partial charge is 0.154 e. The number of aliphatic hydroxyl groups is 1. The largest absolute Gasteiger partial charge is 0.391 e. The zero-order valence-corrected chi connectivity index (χ0v) is 16.0. The van der Waals surface area contributed by atoms with Gasteiger partial charge in [-0.05, 0) is 60.8 Å². The van der Waals surface area contributed by atoms with Gasteiger partial charge in [0.2, 0.25) is 0 Å². The lowest BCUT2D eigenvalue weighted by atomic mass is 9.97. The number of hydrogen-bond donors (Lipinski definition) is 2. The van der Waals surface area contributed by atoms with Crippen LogP contribution in [0.3, 0.4) is 0 Å². The van der Waals surface area contributed by atoms with Crippen LogP contribution in [0.2, 0.25) is 5.02 Å². The average molecular weight is 402 g/mol. The molecule has 0 aliphatic carbocycles. The van der Waals surface area contributed by atoms with Gasteiger partial charge in [0, 0.05) is 17.5 Å². The Labute approximate surface area is 167 Å². The van der Waals surface area contributed by atoms with Crippen LogP contribution in [-0.4, -0.2) is 39.1 Å². The average Bonchev–Trinajstić information content (AvgIpc) is 3.05. The van der Waals surface area contributed by atoms with Crippen LogP contribution in [0, 0.1) is 5.82 Å². The van der Waals surface area contributed by atoms with Crippen LogP contribution in [0.15, 0.2) is 42.7 Å². The lowest BCUT2D eigenvalue weighted by molar-refractivity contribution is -0.121. The monoisotopic (exact) mass is 401 g/mol. The van der Waals surface area contributed by atoms with Crippen molar-refractivity contribution in [3.05, 3.63) is 53.6 Å². The molecule has 5 nitrogen and oxygen atoms in total. The van der Waals surface area contributed by atoms with Crippen molar-refractivity contribution >= 4 is 28.4 Å². The van der Waals surface area contributed by atoms with E-state index in [0.717, 1.165) is 36.0 Å². The van der Waals surface area contributed by atoms with Crippen molar-refractivity contribution in [1.29, 1.82) is 0 Å². The zero-order valence-electron chi connectivity index (χ0n) is 15.2. The summed E-state index contributed by atoms with van der Waals surface area (Å²) < 4.78 is 15.5. The number of carbonyl (C=O) groups excluding carboxylic acids is 1. The highest BCUT2D eigenvalue weighted by Gasteiger charge is 2.25. The minimum Gasteiger partial charge on any atom is -0.391 e. The van der Waals surface area contributed by atoms with Gasteiger partial charge >= 0.3 is 0 Å². The fourth-order valence-corrected chi connectivity index (χ4v) is 3.95. The van der Waals surface area contributed by atoms with Crippen molar-refractivity contribution in [2.24, 2.45) is 0 Å². The van der Waals surface area contributed by atoms with E-state index in [1.165, 1.54) is 12.1 Å². The van der Waals surface area contributed by atoms with Crippen molar-refractivity contribution in [3.8, 4) is 11.1 Å². The molecule has 1 fully saturated rings. The van der Waals surface area contributed by atoms with E-state index in [-0.39, 0.29) is 24.8 Å². The van der Waals surface area contributed by atoms with Crippen molar-refractivity contribution in [2.75, 3.05) is 6.54 Å². The van der Waals surface area contributed by atoms with Crippen LogP contribution in [0.4, 0.5) is 4.39 Å². The first kappa shape index (κ1) is 19.1. The van der Waals surface area contributed by atoms with Crippen molar-refractivity contribution in [3.63, 3.8) is 0 Å². The molecule has 2 aromatic carbocycles. The van der Waals surface area contributed by atoms with Crippen LogP contribution >= 0.6 is 11.6 Å². The number of nitrogens with one attached hydrogen (secondary N) is 1. The third kappa shape index (κ3) is 4.09. The molecule has 146 valence electrons. The summed E-state index contributed by atoms with van der Waals surface area (Å²) in [6.07, 6.45) is 3.07. The summed E-state index contributed by atoms with van der Waals surface area (Å²) in [4.78, 5) is 16.9. The van der Waals surface area contributed by atoms with E-state index >= 15 is 0 Å². The molecule has 4 rings (SSSR count). The molecule has 2 N–H and O–H groups in total. The van der Waals surface area contributed by atoms with Gasteiger partial charge in [-0.3, -0.25) is 4.79 Å². The van der Waals surface area contributed by atoms with Gasteiger partial charge in [0.05, 0.1) is 30.0 Å². The Hall–Kier alpha value is -2.28. The topological polar surface area (TPSA) is 67.2 Å². The van der Waals surface area contributed by atoms with E-state index in [2.05, 4.69) is 10.3 Å². The Balaban J connectivity index is 1.57. The number of aliphatic hydroxyl groups excluding tert-OH is 1. The highest BCUT2D eigenvalue weighted by atomic mass is 35.5. The first-order valence-corrected chi connectivity index (χ1v) is 9.72. The number of nitrogens with zero attached hydrogens (tertiary/aromatic N) is 2. The molecular weight excluding hydrogens is 381 g/mol. The number of Topliss-reactive ketones (excluding diaryl/α,β-unsaturated/α-hetero) is 1. The van der Waals surface area contributed by atoms with Crippen molar-refractivity contribution in [1.82, 2.24) is 14.9 Å². The number of piperidine rings is 1. The zero-order chi connectivity index (χ0) is 19.7. The molecule has 7 heteroatoms. The number of carbonyl (C=O) groups is 1. The number of rotatable bonds is 5. The number of ketones is 1. The van der Waals surface area contributed by atoms with Gasteiger partial charge < -0.3 is 15.0 Å². The molecule has 0 amide bonds. The van der Waals surface area contributed by atoms with E-state index in [9.17, 15) is 14.3 Å². The maximum atomic E-state index is 13.7. The molecule has 1 aliphatic heterocycles. The molecule has 0 spiro atoms. The number of imidazole rings is 1. The second-order valence-electron chi connectivity index (χ2n) is 7.25. The van der Waals surface area contributed by atoms with E-state index in [0.29, 0.717) is 10.6 Å². The van der Waals surface area contributed by atoms with Gasteiger partial charge in [0.1, 0.15) is 5.82 Å². The fraction of sp³-hybridized carbons (Fsp3) is 0.333. The maximum absolute atomic E-state index is 13.7. The van der Waals surface area contributed by atoms with Gasteiger partial charge in [-0.25, -0.2) is 9.37 Å². The van der Waals surface area contributed by atoms with E-state index in [4.69, 9.17) is 11.6 Å². The van der Waals surface area contributed by atoms with E-state index in [1.54, 1.807) is 17.0 Å². The Morgan fingerprint density at radius 1 is 1.29 bits per heavy atom. The van der Waals surface area contributed by atoms with Crippen LogP contribution in [0.25, 0.3) is 22.2 Å². The number of aromatic nitrogens is 2. The van der Waals surface area contributed by atoms with Gasteiger partial charge in [0.25, 0.3) is 0 Å². The summed E-state index contributed by atoms with van der Waals surface area (Å²) in [5.41, 5.74) is 3.02. The Bertz CT molecular complexity index is 1000. The molecule has 28 heavy (non-hydrogen) atoms. The highest BCUT2D eigenvalue weighted by Crippen LogP contribution is 2.27. The van der Waals surface area contributed by atoms with E-state index in [1.807, 2.05) is 18.2 Å². The lowest BCUT2D eigenvalue weighted by Gasteiger charge is -2.28. The molecule has 1 aliphatic rings. The summed E-state index contributed by atoms with van der Waals surface area (Å²) in [5.74, 6) is -0.373. The molecule has 2 atom stereocenters. The number of fused-ring (bicyclic) bond motifs is 1. The van der Waals surface area contributed by atoms with Gasteiger partial charge in [-0.15, -0.1) is 0 Å². The summed E-state index contributed by atoms with van der Waals surface area (Å²) in [7, 11) is 0. The van der Waals surface area contributed by atoms with Crippen LogP contribution in [0.5, 0.6) is 0 Å². The molecule has 1 saturated heterocycles. The summed E-state index contributed by atoms with van der Waals surface area (Å²) in [6, 6.07) is 9.78. The van der Waals surface area contributed by atoms with Gasteiger partial charge in [0.15, 0.2) is 5.78 Å². The minimum absolute atomic E-state index is 0.0250. The maximum Gasteiger partial charge on any atom is 0.154 e. The summed E-state index contributed by atoms with van der Waals surface area (Å²) in [6.45, 7) is 0.997. The molecular formula is C21H21ClFN3O2. The molecule has 0 saturated carbocycles. The predicted octanol–water partition coefficient (Wildman–Crippen LogP) is 3.57. The molecule has 1 aromatic heterocycles. The third-order valence-corrected chi connectivity index (χ3v) is 5.38. The fourth-order valence-electron chi connectivity index (χ4n) is 3.73. The van der Waals surface area contributed by atoms with Crippen LogP contribution in [0.1, 0.15) is 19.3 Å². The molecule has 2 heterocycles. The Morgan fingerprint density at radius 3 is 2.93 bits per heavy atom. The molecule has 0 unspecified atom stereocenters. The van der Waals surface area contributed by atoms with Crippen molar-refractivity contribution < 1.29 is 14.3 Å². The first-order chi connectivity index (χ1) is 13.5. The lowest BCUT2D eigenvalue weighted by Crippen LogP contribution is -2.46. The minimum atomic E-state index is -0.485. The number of hydrogen-bond acceptors (Lipinski definition) is 4. The molecule has 3 aromatic rings. The van der Waals surface area contributed by atoms with Crippen LogP contribution in [-0.2, 0) is 11.3 Å². The number of benzene rings is 2. The normalized spacial score (nSPS) is 19.8. The predicted molar refractivity (Wildman–Crippen MR) is 107 cm³/mol. The molecule has 0 radical (unpaired) electrons. The second-order valence-corrected chi connectivity index (χ2v) is 7.68. The summed E-state index contributed by atoms with van der Waals surface area (Å²) >= 11 is 5.97. The third-order valence-electron chi connectivity index (χ3n) is 5.16. The molecule has 0 bridgehead atoms. The summed E-state index contributed by atoms with van der Waals surface area (Å²) in [5, 5.41) is 13.6. The van der Waals surface area contributed by atoms with Gasteiger partial charge in [-0.1, -0.05) is 17.7 Å². The van der Waals surface area contributed by atoms with Crippen LogP contribution < -0.4 is 5.32 Å². The number of halogens is 2. The highest BCUT2D eigenvalue weighted by molar-refractivity contribution is 6.30.